The number of benzene rings is 1. The van der Waals surface area contributed by atoms with E-state index < -0.39 is 15.6 Å². The van der Waals surface area contributed by atoms with E-state index in [0.29, 0.717) is 18.5 Å². The molecule has 0 radical (unpaired) electrons. The average molecular weight is 406 g/mol. The van der Waals surface area contributed by atoms with Crippen LogP contribution in [0.4, 0.5) is 0 Å². The first-order valence-corrected chi connectivity index (χ1v) is 9.50. The van der Waals surface area contributed by atoms with E-state index in [2.05, 4.69) is 5.32 Å². The predicted molar refractivity (Wildman–Crippen MR) is 104 cm³/mol. The van der Waals surface area contributed by atoms with E-state index in [9.17, 15) is 18.0 Å². The van der Waals surface area contributed by atoms with Gasteiger partial charge in [0.2, 0.25) is 15.9 Å². The second kappa shape index (κ2) is 10.0. The van der Waals surface area contributed by atoms with Crippen LogP contribution in [-0.2, 0) is 14.8 Å². The minimum atomic E-state index is -3.64. The number of carbonyl (C=O) groups excluding carboxylic acids is 2. The summed E-state index contributed by atoms with van der Waals surface area (Å²) in [5.41, 5.74) is 5.76. The van der Waals surface area contributed by atoms with Gasteiger partial charge in [-0.2, -0.15) is 0 Å². The molecular formula is C17H28ClN3O4S. The maximum atomic E-state index is 12.5. The summed E-state index contributed by atoms with van der Waals surface area (Å²) in [5.74, 6) is -0.279. The second-order valence-electron chi connectivity index (χ2n) is 6.78. The Morgan fingerprint density at radius 3 is 2.19 bits per heavy atom. The van der Waals surface area contributed by atoms with Gasteiger partial charge in [-0.1, -0.05) is 12.1 Å². The molecule has 0 aliphatic carbocycles. The van der Waals surface area contributed by atoms with Crippen molar-refractivity contribution in [2.45, 2.75) is 44.0 Å². The summed E-state index contributed by atoms with van der Waals surface area (Å²) in [6.07, 6.45) is 0.622. The molecule has 0 heterocycles. The van der Waals surface area contributed by atoms with Crippen molar-refractivity contribution in [3.63, 3.8) is 0 Å². The number of hydrogen-bond donors (Lipinski definition) is 2. The van der Waals surface area contributed by atoms with Crippen LogP contribution in [0, 0.1) is 0 Å². The summed E-state index contributed by atoms with van der Waals surface area (Å²) in [6.45, 7) is 5.63. The number of nitrogens with one attached hydrogen (secondary N) is 1. The van der Waals surface area contributed by atoms with Crippen molar-refractivity contribution >= 4 is 34.1 Å². The van der Waals surface area contributed by atoms with Gasteiger partial charge in [0.05, 0.1) is 4.90 Å². The number of ketones is 1. The molecule has 148 valence electrons. The first-order valence-electron chi connectivity index (χ1n) is 8.06. The summed E-state index contributed by atoms with van der Waals surface area (Å²) >= 11 is 0. The molecule has 0 saturated carbocycles. The van der Waals surface area contributed by atoms with Crippen molar-refractivity contribution in [2.24, 2.45) is 5.73 Å². The smallest absolute Gasteiger partial charge is 0.242 e. The summed E-state index contributed by atoms with van der Waals surface area (Å²) in [4.78, 5) is 23.1. The predicted octanol–water partition coefficient (Wildman–Crippen LogP) is 1.57. The van der Waals surface area contributed by atoms with Crippen LogP contribution in [0.5, 0.6) is 0 Å². The van der Waals surface area contributed by atoms with E-state index in [0.717, 1.165) is 0 Å². The molecule has 0 bridgehead atoms. The standard InChI is InChI=1S/C17H27N3O4S.ClH/c1-13(21)14-7-9-15(10-8-14)25(23,24)20(4)11-5-6-16(22)19-12-17(2,3)18;/h7-10H,5-6,11-12,18H2,1-4H3,(H,19,22);1H. The molecule has 1 amide bonds. The molecule has 0 saturated heterocycles. The van der Waals surface area contributed by atoms with Gasteiger partial charge in [-0.05, 0) is 39.3 Å². The molecule has 3 N–H and O–H groups in total. The molecule has 26 heavy (non-hydrogen) atoms. The molecule has 1 aromatic rings. The summed E-state index contributed by atoms with van der Waals surface area (Å²) in [6, 6.07) is 5.81. The van der Waals surface area contributed by atoms with Crippen molar-refractivity contribution in [3.05, 3.63) is 29.8 Å². The van der Waals surface area contributed by atoms with Gasteiger partial charge < -0.3 is 11.1 Å². The van der Waals surface area contributed by atoms with Crippen molar-refractivity contribution < 1.29 is 18.0 Å². The zero-order valence-corrected chi connectivity index (χ0v) is 17.2. The SMILES string of the molecule is CC(=O)c1ccc(S(=O)(=O)N(C)CCCC(=O)NCC(C)(C)N)cc1.Cl. The fraction of sp³-hybridized carbons (Fsp3) is 0.529. The van der Waals surface area contributed by atoms with Crippen LogP contribution in [0.2, 0.25) is 0 Å². The number of nitrogens with zero attached hydrogens (tertiary/aromatic N) is 1. The molecule has 0 unspecified atom stereocenters. The molecule has 0 aliphatic rings. The maximum Gasteiger partial charge on any atom is 0.242 e. The quantitative estimate of drug-likeness (QED) is 0.606. The number of hydrogen-bond acceptors (Lipinski definition) is 5. The molecule has 9 heteroatoms. The molecule has 0 fully saturated rings. The molecule has 0 atom stereocenters. The third-order valence-electron chi connectivity index (χ3n) is 3.59. The van der Waals surface area contributed by atoms with Crippen LogP contribution in [0.1, 0.15) is 44.0 Å². The highest BCUT2D eigenvalue weighted by atomic mass is 35.5. The van der Waals surface area contributed by atoms with Crippen LogP contribution in [0.25, 0.3) is 0 Å². The van der Waals surface area contributed by atoms with Crippen molar-refractivity contribution in [1.82, 2.24) is 9.62 Å². The van der Waals surface area contributed by atoms with Crippen molar-refractivity contribution in [2.75, 3.05) is 20.1 Å². The Labute approximate surface area is 161 Å². The fourth-order valence-corrected chi connectivity index (χ4v) is 3.25. The minimum Gasteiger partial charge on any atom is -0.354 e. The first kappa shape index (κ1) is 24.5. The normalized spacial score (nSPS) is 11.8. The van der Waals surface area contributed by atoms with Crippen LogP contribution in [0.3, 0.4) is 0 Å². The Bertz CT molecular complexity index is 713. The highest BCUT2D eigenvalue weighted by Gasteiger charge is 2.21. The van der Waals surface area contributed by atoms with Crippen LogP contribution >= 0.6 is 12.4 Å². The lowest BCUT2D eigenvalue weighted by atomic mass is 10.1. The Kier molecular flexibility index (Phi) is 9.44. The molecule has 0 aromatic heterocycles. The number of amides is 1. The third kappa shape index (κ3) is 7.82. The van der Waals surface area contributed by atoms with Gasteiger partial charge in [-0.3, -0.25) is 9.59 Å². The van der Waals surface area contributed by atoms with Crippen molar-refractivity contribution in [3.8, 4) is 0 Å². The number of Topliss-reactive ketones (excluding diaryl/α,β-unsaturated/α-hetero) is 1. The number of rotatable bonds is 9. The number of carbonyl (C=O) groups is 2. The van der Waals surface area contributed by atoms with Gasteiger partial charge >= 0.3 is 0 Å². The van der Waals surface area contributed by atoms with E-state index in [1.54, 1.807) is 0 Å². The summed E-state index contributed by atoms with van der Waals surface area (Å²) < 4.78 is 26.1. The topological polar surface area (TPSA) is 110 Å². The van der Waals surface area contributed by atoms with Gasteiger partial charge in [0.1, 0.15) is 0 Å². The Balaban J connectivity index is 0.00000625. The van der Waals surface area contributed by atoms with E-state index in [1.165, 1.54) is 42.5 Å². The fourth-order valence-electron chi connectivity index (χ4n) is 2.04. The zero-order valence-electron chi connectivity index (χ0n) is 15.6. The number of nitrogens with two attached hydrogens (primary N) is 1. The van der Waals surface area contributed by atoms with Gasteiger partial charge in [0.15, 0.2) is 5.78 Å². The Morgan fingerprint density at radius 1 is 1.19 bits per heavy atom. The maximum absolute atomic E-state index is 12.5. The molecule has 0 aliphatic heterocycles. The largest absolute Gasteiger partial charge is 0.354 e. The highest BCUT2D eigenvalue weighted by Crippen LogP contribution is 2.16. The Hall–Kier alpha value is -1.48. The molecule has 7 nitrogen and oxygen atoms in total. The molecule has 1 rings (SSSR count). The Morgan fingerprint density at radius 2 is 1.73 bits per heavy atom. The second-order valence-corrected chi connectivity index (χ2v) is 8.82. The lowest BCUT2D eigenvalue weighted by Crippen LogP contribution is -2.45. The zero-order chi connectivity index (χ0) is 19.3. The van der Waals surface area contributed by atoms with E-state index in [4.69, 9.17) is 5.73 Å². The van der Waals surface area contributed by atoms with Gasteiger partial charge in [-0.15, -0.1) is 12.4 Å². The molecule has 0 spiro atoms. The van der Waals surface area contributed by atoms with Crippen molar-refractivity contribution in [1.29, 1.82) is 0 Å². The van der Waals surface area contributed by atoms with E-state index in [-0.39, 0.29) is 42.0 Å². The van der Waals surface area contributed by atoms with E-state index in [1.807, 2.05) is 13.8 Å². The summed E-state index contributed by atoms with van der Waals surface area (Å²) in [5, 5.41) is 2.72. The highest BCUT2D eigenvalue weighted by molar-refractivity contribution is 7.89. The first-order chi connectivity index (χ1) is 11.4. The molecular weight excluding hydrogens is 378 g/mol. The lowest BCUT2D eigenvalue weighted by molar-refractivity contribution is -0.121. The van der Waals surface area contributed by atoms with E-state index >= 15 is 0 Å². The average Bonchev–Trinajstić information content (AvgIpc) is 2.52. The van der Waals surface area contributed by atoms with Gasteiger partial charge in [0, 0.05) is 37.7 Å². The number of sulfonamides is 1. The van der Waals surface area contributed by atoms with Crippen LogP contribution in [-0.4, -0.2) is 50.1 Å². The lowest BCUT2D eigenvalue weighted by Gasteiger charge is -2.19. The third-order valence-corrected chi connectivity index (χ3v) is 5.46. The van der Waals surface area contributed by atoms with Crippen LogP contribution < -0.4 is 11.1 Å². The van der Waals surface area contributed by atoms with Gasteiger partial charge in [-0.25, -0.2) is 12.7 Å². The monoisotopic (exact) mass is 405 g/mol. The molecule has 1 aromatic carbocycles. The minimum absolute atomic E-state index is 0. The number of halogens is 1. The van der Waals surface area contributed by atoms with Gasteiger partial charge in [0.25, 0.3) is 0 Å². The van der Waals surface area contributed by atoms with Crippen LogP contribution in [0.15, 0.2) is 29.2 Å². The summed E-state index contributed by atoms with van der Waals surface area (Å²) in [7, 11) is -2.18.